The number of hydrogen-bond acceptors (Lipinski definition) is 5. The molecular formula is C21H24BrNO5. The van der Waals surface area contributed by atoms with E-state index in [0.29, 0.717) is 23.1 Å². The number of phenols is 1. The quantitative estimate of drug-likeness (QED) is 0.606. The maximum absolute atomic E-state index is 12.8. The van der Waals surface area contributed by atoms with Gasteiger partial charge in [-0.1, -0.05) is 40.5 Å². The third-order valence-electron chi connectivity index (χ3n) is 4.90. The smallest absolute Gasteiger partial charge is 0.255 e. The zero-order valence-corrected chi connectivity index (χ0v) is 17.2. The van der Waals surface area contributed by atoms with Crippen LogP contribution in [0.4, 0.5) is 0 Å². The van der Waals surface area contributed by atoms with Crippen molar-refractivity contribution in [3.8, 4) is 17.2 Å². The lowest BCUT2D eigenvalue weighted by Gasteiger charge is -2.28. The number of ether oxygens (including phenoxy) is 2. The number of aromatic hydroxyl groups is 1. The molecule has 1 amide bonds. The number of rotatable bonds is 5. The number of benzene rings is 2. The molecule has 7 heteroatoms. The summed E-state index contributed by atoms with van der Waals surface area (Å²) in [6.45, 7) is 0. The van der Waals surface area contributed by atoms with Gasteiger partial charge in [-0.2, -0.15) is 0 Å². The van der Waals surface area contributed by atoms with Crippen molar-refractivity contribution in [1.29, 1.82) is 0 Å². The monoisotopic (exact) mass is 449 g/mol. The van der Waals surface area contributed by atoms with Crippen LogP contribution >= 0.6 is 15.9 Å². The standard InChI is InChI=1S/C21H24BrNO5/c1-27-18-12-13(22)11-15(19(18)24)21(26)23-16-9-5-6-10-17(20(16)25)28-14-7-3-2-4-8-14/h2-4,7-8,11-12,16-17,20,24-25H,5-6,9-10H2,1H3,(H,23,26)/t16-,17-,20-/m1/s1. The van der Waals surface area contributed by atoms with Crippen molar-refractivity contribution in [2.75, 3.05) is 7.11 Å². The molecule has 1 aliphatic rings. The van der Waals surface area contributed by atoms with Gasteiger partial charge in [0.2, 0.25) is 0 Å². The number of halogens is 1. The summed E-state index contributed by atoms with van der Waals surface area (Å²) in [5, 5.41) is 24.0. The van der Waals surface area contributed by atoms with Crippen LogP contribution in [0.5, 0.6) is 17.2 Å². The highest BCUT2D eigenvalue weighted by Crippen LogP contribution is 2.34. The second-order valence-electron chi connectivity index (χ2n) is 6.83. The molecule has 0 unspecified atom stereocenters. The van der Waals surface area contributed by atoms with Crippen LogP contribution in [0, 0.1) is 0 Å². The normalized spacial score (nSPS) is 22.2. The van der Waals surface area contributed by atoms with E-state index in [4.69, 9.17) is 9.47 Å². The van der Waals surface area contributed by atoms with E-state index < -0.39 is 24.2 Å². The number of para-hydroxylation sites is 1. The fourth-order valence-corrected chi connectivity index (χ4v) is 3.86. The van der Waals surface area contributed by atoms with Gasteiger partial charge in [0.25, 0.3) is 5.91 Å². The van der Waals surface area contributed by atoms with E-state index in [2.05, 4.69) is 21.2 Å². The minimum Gasteiger partial charge on any atom is -0.504 e. The molecule has 6 nitrogen and oxygen atoms in total. The predicted molar refractivity (Wildman–Crippen MR) is 109 cm³/mol. The molecule has 0 heterocycles. The number of nitrogens with one attached hydrogen (secondary N) is 1. The molecule has 3 atom stereocenters. The van der Waals surface area contributed by atoms with Gasteiger partial charge in [0.1, 0.15) is 18.0 Å². The zero-order chi connectivity index (χ0) is 20.1. The van der Waals surface area contributed by atoms with Crippen LogP contribution in [0.15, 0.2) is 46.9 Å². The molecule has 0 saturated heterocycles. The van der Waals surface area contributed by atoms with Gasteiger partial charge in [0.15, 0.2) is 11.5 Å². The number of carbonyl (C=O) groups excluding carboxylic acids is 1. The van der Waals surface area contributed by atoms with Crippen LogP contribution in [-0.4, -0.2) is 41.5 Å². The van der Waals surface area contributed by atoms with E-state index in [9.17, 15) is 15.0 Å². The molecule has 2 aromatic carbocycles. The average Bonchev–Trinajstić information content (AvgIpc) is 2.86. The van der Waals surface area contributed by atoms with Crippen molar-refractivity contribution in [3.05, 3.63) is 52.5 Å². The van der Waals surface area contributed by atoms with Crippen LogP contribution in [0.25, 0.3) is 0 Å². The van der Waals surface area contributed by atoms with Crippen LogP contribution in [0.1, 0.15) is 36.0 Å². The maximum atomic E-state index is 12.8. The minimum absolute atomic E-state index is 0.0863. The van der Waals surface area contributed by atoms with Crippen LogP contribution in [0.3, 0.4) is 0 Å². The summed E-state index contributed by atoms with van der Waals surface area (Å²) in [7, 11) is 1.42. The summed E-state index contributed by atoms with van der Waals surface area (Å²) in [4.78, 5) is 12.8. The molecule has 0 spiro atoms. The number of hydrogen-bond donors (Lipinski definition) is 3. The molecule has 0 aromatic heterocycles. The van der Waals surface area contributed by atoms with E-state index in [1.807, 2.05) is 30.3 Å². The fraction of sp³-hybridized carbons (Fsp3) is 0.381. The van der Waals surface area contributed by atoms with Crippen molar-refractivity contribution in [2.24, 2.45) is 0 Å². The van der Waals surface area contributed by atoms with Crippen LogP contribution < -0.4 is 14.8 Å². The number of amides is 1. The summed E-state index contributed by atoms with van der Waals surface area (Å²) >= 11 is 3.31. The Labute approximate surface area is 172 Å². The largest absolute Gasteiger partial charge is 0.504 e. The molecule has 0 bridgehead atoms. The van der Waals surface area contributed by atoms with Gasteiger partial charge in [-0.05, 0) is 43.5 Å². The van der Waals surface area contributed by atoms with Crippen molar-refractivity contribution in [3.63, 3.8) is 0 Å². The van der Waals surface area contributed by atoms with E-state index in [1.165, 1.54) is 13.2 Å². The first-order chi connectivity index (χ1) is 13.5. The highest BCUT2D eigenvalue weighted by atomic mass is 79.9. The van der Waals surface area contributed by atoms with Gasteiger partial charge in [0.05, 0.1) is 18.7 Å². The number of methoxy groups -OCH3 is 1. The highest BCUT2D eigenvalue weighted by molar-refractivity contribution is 9.10. The number of aliphatic hydroxyl groups is 1. The predicted octanol–water partition coefficient (Wildman–Crippen LogP) is 3.64. The fourth-order valence-electron chi connectivity index (χ4n) is 3.42. The lowest BCUT2D eigenvalue weighted by atomic mass is 10.0. The van der Waals surface area contributed by atoms with Gasteiger partial charge >= 0.3 is 0 Å². The first-order valence-corrected chi connectivity index (χ1v) is 10.1. The molecule has 2 aromatic rings. The molecule has 1 fully saturated rings. The molecular weight excluding hydrogens is 426 g/mol. The van der Waals surface area contributed by atoms with Crippen molar-refractivity contribution in [1.82, 2.24) is 5.32 Å². The van der Waals surface area contributed by atoms with E-state index in [1.54, 1.807) is 6.07 Å². The van der Waals surface area contributed by atoms with Gasteiger partial charge in [-0.15, -0.1) is 0 Å². The lowest BCUT2D eigenvalue weighted by Crippen LogP contribution is -2.49. The molecule has 3 rings (SSSR count). The van der Waals surface area contributed by atoms with E-state index >= 15 is 0 Å². The average molecular weight is 450 g/mol. The van der Waals surface area contributed by atoms with Crippen molar-refractivity contribution >= 4 is 21.8 Å². The van der Waals surface area contributed by atoms with E-state index in [-0.39, 0.29) is 17.1 Å². The number of aliphatic hydroxyl groups excluding tert-OH is 1. The van der Waals surface area contributed by atoms with Gasteiger partial charge in [0, 0.05) is 4.47 Å². The summed E-state index contributed by atoms with van der Waals surface area (Å²) in [5.74, 6) is 0.184. The Morgan fingerprint density at radius 1 is 1.18 bits per heavy atom. The molecule has 3 N–H and O–H groups in total. The Morgan fingerprint density at radius 2 is 1.89 bits per heavy atom. The highest BCUT2D eigenvalue weighted by Gasteiger charge is 2.33. The summed E-state index contributed by atoms with van der Waals surface area (Å²) in [6, 6.07) is 12.0. The second kappa shape index (κ2) is 9.30. The second-order valence-corrected chi connectivity index (χ2v) is 7.74. The van der Waals surface area contributed by atoms with Crippen LogP contribution in [-0.2, 0) is 0 Å². The third kappa shape index (κ3) is 4.77. The molecule has 28 heavy (non-hydrogen) atoms. The number of carbonyl (C=O) groups is 1. The summed E-state index contributed by atoms with van der Waals surface area (Å²) < 4.78 is 11.7. The molecule has 1 saturated carbocycles. The Balaban J connectivity index is 1.75. The van der Waals surface area contributed by atoms with Crippen molar-refractivity contribution in [2.45, 2.75) is 43.9 Å². The summed E-state index contributed by atoms with van der Waals surface area (Å²) in [6.07, 6.45) is 1.83. The SMILES string of the molecule is COc1cc(Br)cc(C(=O)N[C@@H]2CCCC[C@@H](Oc3ccccc3)[C@@H]2O)c1O. The Kier molecular flexibility index (Phi) is 6.80. The Morgan fingerprint density at radius 3 is 2.61 bits per heavy atom. The van der Waals surface area contributed by atoms with Crippen molar-refractivity contribution < 1.29 is 24.5 Å². The third-order valence-corrected chi connectivity index (χ3v) is 5.36. The first-order valence-electron chi connectivity index (χ1n) is 9.26. The Hall–Kier alpha value is -2.25. The zero-order valence-electron chi connectivity index (χ0n) is 15.6. The topological polar surface area (TPSA) is 88.0 Å². The van der Waals surface area contributed by atoms with E-state index in [0.717, 1.165) is 12.8 Å². The first kappa shape index (κ1) is 20.5. The summed E-state index contributed by atoms with van der Waals surface area (Å²) in [5.41, 5.74) is 0.0863. The molecule has 1 aliphatic carbocycles. The lowest BCUT2D eigenvalue weighted by molar-refractivity contribution is 0.0129. The number of phenolic OH excluding ortho intramolecular Hbond substituents is 1. The van der Waals surface area contributed by atoms with Crippen LogP contribution in [0.2, 0.25) is 0 Å². The maximum Gasteiger partial charge on any atom is 0.255 e. The van der Waals surface area contributed by atoms with Gasteiger partial charge in [-0.25, -0.2) is 0 Å². The molecule has 150 valence electrons. The van der Waals surface area contributed by atoms with Gasteiger partial charge < -0.3 is 25.0 Å². The minimum atomic E-state index is -0.858. The molecule has 0 radical (unpaired) electrons. The Bertz CT molecular complexity index is 814. The molecule has 0 aliphatic heterocycles. The van der Waals surface area contributed by atoms with Gasteiger partial charge in [-0.3, -0.25) is 4.79 Å².